The van der Waals surface area contributed by atoms with E-state index in [1.807, 2.05) is 0 Å². The van der Waals surface area contributed by atoms with Crippen LogP contribution in [0.5, 0.6) is 0 Å². The van der Waals surface area contributed by atoms with Crippen LogP contribution in [0.4, 0.5) is 0 Å². The summed E-state index contributed by atoms with van der Waals surface area (Å²) in [6.45, 7) is 16.7. The van der Waals surface area contributed by atoms with E-state index in [1.54, 1.807) is 0 Å². The number of hydrogen-bond donors (Lipinski definition) is 0. The number of Topliss-reactive ketones (excluding diaryl/α,β-unsaturated/α-hetero) is 2. The molecule has 0 radical (unpaired) electrons. The number of allylic oxidation sites excluding steroid dienone is 2. The largest absolute Gasteiger partial charge is 0.299 e. The van der Waals surface area contributed by atoms with Crippen LogP contribution in [0.3, 0.4) is 0 Å². The van der Waals surface area contributed by atoms with Gasteiger partial charge in [-0.1, -0.05) is 59.4 Å². The second kappa shape index (κ2) is 6.15. The maximum Gasteiger partial charge on any atom is 0.139 e. The van der Waals surface area contributed by atoms with Crippen LogP contribution in [0.15, 0.2) is 11.6 Å². The molecule has 0 aromatic carbocycles. The van der Waals surface area contributed by atoms with Gasteiger partial charge in [0.2, 0.25) is 0 Å². The number of fused-ring (bicyclic) bond motifs is 5. The number of carbonyl (C=O) groups excluding carboxylic acids is 2. The molecule has 3 saturated carbocycles. The summed E-state index contributed by atoms with van der Waals surface area (Å²) in [6.07, 6.45) is 9.43. The van der Waals surface area contributed by atoms with Crippen molar-refractivity contribution >= 4 is 19.6 Å². The van der Waals surface area contributed by atoms with Gasteiger partial charge in [0.1, 0.15) is 11.6 Å². The lowest BCUT2D eigenvalue weighted by Gasteiger charge is -2.58. The lowest BCUT2D eigenvalue weighted by molar-refractivity contribution is -0.132. The van der Waals surface area contributed by atoms with Crippen LogP contribution >= 0.6 is 0 Å². The number of rotatable bonds is 1. The monoisotopic (exact) mass is 400 g/mol. The minimum Gasteiger partial charge on any atom is -0.299 e. The van der Waals surface area contributed by atoms with Gasteiger partial charge in [-0.2, -0.15) is 0 Å². The lowest BCUT2D eigenvalue weighted by Crippen LogP contribution is -2.55. The average molecular weight is 401 g/mol. The van der Waals surface area contributed by atoms with Crippen LogP contribution in [0.2, 0.25) is 23.7 Å². The number of carbonyl (C=O) groups is 2. The van der Waals surface area contributed by atoms with Crippen LogP contribution < -0.4 is 0 Å². The van der Waals surface area contributed by atoms with Gasteiger partial charge < -0.3 is 0 Å². The van der Waals surface area contributed by atoms with Crippen molar-refractivity contribution in [3.05, 3.63) is 11.6 Å². The summed E-state index contributed by atoms with van der Waals surface area (Å²) < 4.78 is 0. The molecule has 2 nitrogen and oxygen atoms in total. The first-order valence-electron chi connectivity index (χ1n) is 11.6. The quantitative estimate of drug-likeness (QED) is 0.368. The van der Waals surface area contributed by atoms with Crippen LogP contribution in [0.25, 0.3) is 0 Å². The van der Waals surface area contributed by atoms with Gasteiger partial charge in [0.05, 0.1) is 8.07 Å². The van der Waals surface area contributed by atoms with Crippen molar-refractivity contribution in [1.82, 2.24) is 0 Å². The van der Waals surface area contributed by atoms with Crippen LogP contribution in [0.1, 0.15) is 79.6 Å². The SMILES string of the molecule is CC(C)(C)[Si](C)(C)C1C[C@@]2(C)C(=CC[C@@H]3[C@@H]2CC[C@]2(C)C(=O)CC[C@@H]32)CC1=O. The van der Waals surface area contributed by atoms with Crippen molar-refractivity contribution in [1.29, 1.82) is 0 Å². The summed E-state index contributed by atoms with van der Waals surface area (Å²) in [5.74, 6) is 2.92. The third-order valence-corrected chi connectivity index (χ3v) is 16.7. The Labute approximate surface area is 172 Å². The third-order valence-electron chi connectivity index (χ3n) is 10.5. The predicted molar refractivity (Wildman–Crippen MR) is 118 cm³/mol. The molecule has 6 atom stereocenters. The summed E-state index contributed by atoms with van der Waals surface area (Å²) in [6, 6.07) is 0. The molecule has 28 heavy (non-hydrogen) atoms. The van der Waals surface area contributed by atoms with Crippen molar-refractivity contribution in [3.63, 3.8) is 0 Å². The normalized spacial score (nSPS) is 43.9. The van der Waals surface area contributed by atoms with Gasteiger partial charge in [-0.05, 0) is 60.3 Å². The van der Waals surface area contributed by atoms with Crippen molar-refractivity contribution in [2.45, 2.75) is 103 Å². The van der Waals surface area contributed by atoms with Crippen LogP contribution in [-0.4, -0.2) is 19.6 Å². The van der Waals surface area contributed by atoms with Crippen LogP contribution in [-0.2, 0) is 9.59 Å². The van der Waals surface area contributed by atoms with Gasteiger partial charge in [-0.3, -0.25) is 9.59 Å². The molecule has 0 N–H and O–H groups in total. The van der Waals surface area contributed by atoms with E-state index in [-0.39, 0.29) is 21.4 Å². The van der Waals surface area contributed by atoms with Gasteiger partial charge in [0.15, 0.2) is 0 Å². The standard InChI is InChI=1S/C25H40O2Si/c1-23(2,3)28(6,7)21-15-25(5)16(14-20(21)26)8-9-17-18-10-11-22(27)24(18,4)13-12-19(17)25/h8,17-19,21H,9-15H2,1-7H3/t17-,18-,19-,21?,24-,25-/m0/s1. The molecule has 0 bridgehead atoms. The molecule has 0 aromatic heterocycles. The van der Waals surface area contributed by atoms with Crippen molar-refractivity contribution in [2.75, 3.05) is 0 Å². The summed E-state index contributed by atoms with van der Waals surface area (Å²) in [5, 5.41) is 0.238. The first-order chi connectivity index (χ1) is 12.8. The first-order valence-corrected chi connectivity index (χ1v) is 14.7. The second-order valence-electron chi connectivity index (χ2n) is 12.5. The third kappa shape index (κ3) is 2.63. The van der Waals surface area contributed by atoms with Crippen molar-refractivity contribution < 1.29 is 9.59 Å². The molecule has 156 valence electrons. The number of ketones is 2. The van der Waals surface area contributed by atoms with Gasteiger partial charge in [-0.25, -0.2) is 0 Å². The molecular formula is C25H40O2Si. The molecule has 0 heterocycles. The van der Waals surface area contributed by atoms with Gasteiger partial charge >= 0.3 is 0 Å². The Morgan fingerprint density at radius 3 is 2.32 bits per heavy atom. The fourth-order valence-corrected chi connectivity index (χ4v) is 10.4. The highest BCUT2D eigenvalue weighted by atomic mass is 28.3. The molecular weight excluding hydrogens is 360 g/mol. The van der Waals surface area contributed by atoms with E-state index in [0.29, 0.717) is 35.7 Å². The zero-order chi connectivity index (χ0) is 20.7. The zero-order valence-corrected chi connectivity index (χ0v) is 20.2. The summed E-state index contributed by atoms with van der Waals surface area (Å²) in [5.41, 5.74) is 1.82. The van der Waals surface area contributed by atoms with E-state index in [4.69, 9.17) is 0 Å². The Balaban J connectivity index is 1.69. The van der Waals surface area contributed by atoms with E-state index in [1.165, 1.54) is 12.0 Å². The van der Waals surface area contributed by atoms with Crippen LogP contribution in [0, 0.1) is 28.6 Å². The molecule has 4 rings (SSSR count). The van der Waals surface area contributed by atoms with Crippen molar-refractivity contribution in [3.8, 4) is 0 Å². The highest BCUT2D eigenvalue weighted by molar-refractivity contribution is 6.84. The Hall–Kier alpha value is -0.703. The maximum absolute atomic E-state index is 13.3. The fourth-order valence-electron chi connectivity index (χ4n) is 7.51. The zero-order valence-electron chi connectivity index (χ0n) is 19.2. The van der Waals surface area contributed by atoms with E-state index in [0.717, 1.165) is 32.1 Å². The van der Waals surface area contributed by atoms with Gasteiger partial charge in [0, 0.05) is 23.8 Å². The lowest BCUT2D eigenvalue weighted by atomic mass is 9.48. The minimum absolute atomic E-state index is 0.0633. The highest BCUT2D eigenvalue weighted by Crippen LogP contribution is 2.66. The molecule has 0 aromatic rings. The summed E-state index contributed by atoms with van der Waals surface area (Å²) >= 11 is 0. The second-order valence-corrected chi connectivity index (χ2v) is 18.2. The molecule has 4 aliphatic carbocycles. The summed E-state index contributed by atoms with van der Waals surface area (Å²) in [4.78, 5) is 25.9. The molecule has 0 aliphatic heterocycles. The van der Waals surface area contributed by atoms with Gasteiger partial charge in [-0.15, -0.1) is 0 Å². The minimum atomic E-state index is -1.73. The van der Waals surface area contributed by atoms with Gasteiger partial charge in [0.25, 0.3) is 0 Å². The van der Waals surface area contributed by atoms with E-state index in [9.17, 15) is 9.59 Å². The van der Waals surface area contributed by atoms with E-state index < -0.39 is 8.07 Å². The van der Waals surface area contributed by atoms with Crippen molar-refractivity contribution in [2.24, 2.45) is 28.6 Å². The van der Waals surface area contributed by atoms with E-state index >= 15 is 0 Å². The first kappa shape index (κ1) is 20.6. The number of hydrogen-bond acceptors (Lipinski definition) is 2. The molecule has 3 fully saturated rings. The predicted octanol–water partition coefficient (Wildman–Crippen LogP) is 6.58. The Bertz CT molecular complexity index is 742. The Morgan fingerprint density at radius 2 is 1.68 bits per heavy atom. The fraction of sp³-hybridized carbons (Fsp3) is 0.840. The Kier molecular flexibility index (Phi) is 4.52. The molecule has 0 saturated heterocycles. The molecule has 3 heteroatoms. The maximum atomic E-state index is 13.3. The molecule has 4 aliphatic rings. The van der Waals surface area contributed by atoms with E-state index in [2.05, 4.69) is 53.8 Å². The Morgan fingerprint density at radius 1 is 1.04 bits per heavy atom. The average Bonchev–Trinajstić information content (AvgIpc) is 2.89. The molecule has 0 spiro atoms. The molecule has 0 amide bonds. The topological polar surface area (TPSA) is 34.1 Å². The highest BCUT2D eigenvalue weighted by Gasteiger charge is 2.61. The smallest absolute Gasteiger partial charge is 0.139 e. The molecule has 1 unspecified atom stereocenters. The summed E-state index contributed by atoms with van der Waals surface area (Å²) in [7, 11) is -1.73.